The molecule has 0 saturated carbocycles. The van der Waals surface area contributed by atoms with Crippen LogP contribution in [0.5, 0.6) is 0 Å². The van der Waals surface area contributed by atoms with E-state index in [-0.39, 0.29) is 6.61 Å². The van der Waals surface area contributed by atoms with Crippen molar-refractivity contribution in [3.63, 3.8) is 0 Å². The number of carbonyl (C=O) groups is 1. The zero-order valence-electron chi connectivity index (χ0n) is 12.9. The van der Waals surface area contributed by atoms with E-state index in [1.165, 1.54) is 5.56 Å². The van der Waals surface area contributed by atoms with Gasteiger partial charge in [0.1, 0.15) is 5.60 Å². The number of ether oxygens (including phenoxy) is 1. The van der Waals surface area contributed by atoms with E-state index in [0.717, 1.165) is 5.56 Å². The van der Waals surface area contributed by atoms with Crippen LogP contribution in [0.3, 0.4) is 0 Å². The van der Waals surface area contributed by atoms with E-state index in [9.17, 15) is 9.90 Å². The Balaban J connectivity index is 2.73. The zero-order valence-corrected chi connectivity index (χ0v) is 12.9. The largest absolute Gasteiger partial charge is 0.444 e. The first-order valence-electron chi connectivity index (χ1n) is 6.93. The van der Waals surface area contributed by atoms with Gasteiger partial charge in [0.15, 0.2) is 0 Å². The molecule has 0 aliphatic heterocycles. The summed E-state index contributed by atoms with van der Waals surface area (Å²) in [7, 11) is 0. The lowest BCUT2D eigenvalue weighted by Gasteiger charge is -2.23. The highest BCUT2D eigenvalue weighted by molar-refractivity contribution is 5.68. The van der Waals surface area contributed by atoms with Crippen molar-refractivity contribution in [2.75, 3.05) is 6.61 Å². The minimum absolute atomic E-state index is 0.166. The molecule has 20 heavy (non-hydrogen) atoms. The van der Waals surface area contributed by atoms with Crippen LogP contribution < -0.4 is 5.32 Å². The van der Waals surface area contributed by atoms with E-state index in [1.54, 1.807) is 20.8 Å². The fraction of sp³-hybridized carbons (Fsp3) is 0.562. The van der Waals surface area contributed by atoms with Crippen molar-refractivity contribution in [3.8, 4) is 0 Å². The molecule has 4 nitrogen and oxygen atoms in total. The third-order valence-electron chi connectivity index (χ3n) is 2.88. The lowest BCUT2D eigenvalue weighted by Crippen LogP contribution is -2.36. The molecule has 1 rings (SSSR count). The first kappa shape index (κ1) is 16.5. The molecule has 0 radical (unpaired) electrons. The molecule has 112 valence electrons. The number of nitrogens with one attached hydrogen (secondary N) is 1. The molecular weight excluding hydrogens is 254 g/mol. The number of rotatable bonds is 4. The zero-order chi connectivity index (χ0) is 15.3. The van der Waals surface area contributed by atoms with Crippen LogP contribution in [0.2, 0.25) is 0 Å². The number of alkyl carbamates (subject to hydrolysis) is 1. The van der Waals surface area contributed by atoms with E-state index >= 15 is 0 Å². The van der Waals surface area contributed by atoms with E-state index in [2.05, 4.69) is 19.2 Å². The van der Waals surface area contributed by atoms with Crippen molar-refractivity contribution in [2.24, 2.45) is 0 Å². The van der Waals surface area contributed by atoms with Crippen LogP contribution >= 0.6 is 0 Å². The lowest BCUT2D eigenvalue weighted by molar-refractivity contribution is 0.0482. The van der Waals surface area contributed by atoms with Crippen LogP contribution in [0.25, 0.3) is 0 Å². The average molecular weight is 279 g/mol. The smallest absolute Gasteiger partial charge is 0.408 e. The van der Waals surface area contributed by atoms with Gasteiger partial charge in [-0.05, 0) is 37.8 Å². The fourth-order valence-corrected chi connectivity index (χ4v) is 1.80. The van der Waals surface area contributed by atoms with Crippen LogP contribution in [0, 0.1) is 0 Å². The highest BCUT2D eigenvalue weighted by Crippen LogP contribution is 2.19. The molecule has 1 amide bonds. The van der Waals surface area contributed by atoms with E-state index in [0.29, 0.717) is 5.92 Å². The maximum atomic E-state index is 11.7. The van der Waals surface area contributed by atoms with Gasteiger partial charge < -0.3 is 15.2 Å². The second-order valence-corrected chi connectivity index (χ2v) is 6.20. The minimum Gasteiger partial charge on any atom is -0.444 e. The van der Waals surface area contributed by atoms with Gasteiger partial charge in [0, 0.05) is 0 Å². The summed E-state index contributed by atoms with van der Waals surface area (Å²) in [5, 5.41) is 12.1. The second-order valence-electron chi connectivity index (χ2n) is 6.20. The van der Waals surface area contributed by atoms with Crippen LogP contribution in [-0.4, -0.2) is 23.4 Å². The van der Waals surface area contributed by atoms with Gasteiger partial charge in [-0.3, -0.25) is 0 Å². The molecule has 1 aromatic rings. The first-order valence-corrected chi connectivity index (χ1v) is 6.93. The molecule has 0 saturated heterocycles. The monoisotopic (exact) mass is 279 g/mol. The Morgan fingerprint density at radius 3 is 2.10 bits per heavy atom. The topological polar surface area (TPSA) is 58.6 Å². The quantitative estimate of drug-likeness (QED) is 0.888. The normalized spacial score (nSPS) is 13.2. The number of benzene rings is 1. The summed E-state index contributed by atoms with van der Waals surface area (Å²) in [5.74, 6) is 0.454. The van der Waals surface area contributed by atoms with Crippen molar-refractivity contribution >= 4 is 6.09 Å². The van der Waals surface area contributed by atoms with Crippen LogP contribution in [0.4, 0.5) is 4.79 Å². The molecule has 0 aliphatic rings. The summed E-state index contributed by atoms with van der Waals surface area (Å²) in [6, 6.07) is 7.42. The highest BCUT2D eigenvalue weighted by atomic mass is 16.6. The van der Waals surface area contributed by atoms with Crippen molar-refractivity contribution in [1.29, 1.82) is 0 Å². The summed E-state index contributed by atoms with van der Waals surface area (Å²) in [5.41, 5.74) is 1.54. The Hall–Kier alpha value is -1.55. The summed E-state index contributed by atoms with van der Waals surface area (Å²) in [6.45, 7) is 9.49. The SMILES string of the molecule is CC(C)c1ccc(C(CO)NC(=O)OC(C)(C)C)cc1. The Morgan fingerprint density at radius 2 is 1.70 bits per heavy atom. The minimum atomic E-state index is -0.550. The van der Waals surface area contributed by atoms with Crippen molar-refractivity contribution in [1.82, 2.24) is 5.32 Å². The molecule has 1 aromatic carbocycles. The van der Waals surface area contributed by atoms with Crippen LogP contribution in [-0.2, 0) is 4.74 Å². The van der Waals surface area contributed by atoms with Crippen LogP contribution in [0.15, 0.2) is 24.3 Å². The third kappa shape index (κ3) is 5.21. The maximum Gasteiger partial charge on any atom is 0.408 e. The number of hydrogen-bond donors (Lipinski definition) is 2. The summed E-state index contributed by atoms with van der Waals surface area (Å²) >= 11 is 0. The third-order valence-corrected chi connectivity index (χ3v) is 2.88. The Bertz CT molecular complexity index is 432. The van der Waals surface area contributed by atoms with E-state index in [1.807, 2.05) is 24.3 Å². The van der Waals surface area contributed by atoms with Gasteiger partial charge in [-0.15, -0.1) is 0 Å². The number of aliphatic hydroxyl groups is 1. The van der Waals surface area contributed by atoms with Crippen molar-refractivity contribution in [2.45, 2.75) is 52.2 Å². The van der Waals surface area contributed by atoms with Gasteiger partial charge in [0.25, 0.3) is 0 Å². The van der Waals surface area contributed by atoms with Gasteiger partial charge in [-0.2, -0.15) is 0 Å². The van der Waals surface area contributed by atoms with Gasteiger partial charge in [-0.25, -0.2) is 4.79 Å². The van der Waals surface area contributed by atoms with Gasteiger partial charge in [0.05, 0.1) is 12.6 Å². The molecule has 0 fully saturated rings. The summed E-state index contributed by atoms with van der Waals surface area (Å²) in [4.78, 5) is 11.7. The van der Waals surface area contributed by atoms with Gasteiger partial charge >= 0.3 is 6.09 Å². The molecule has 4 heteroatoms. The average Bonchev–Trinajstić information content (AvgIpc) is 2.34. The first-order chi connectivity index (χ1) is 9.23. The fourth-order valence-electron chi connectivity index (χ4n) is 1.80. The summed E-state index contributed by atoms with van der Waals surface area (Å²) < 4.78 is 5.19. The van der Waals surface area contributed by atoms with Gasteiger partial charge in [-0.1, -0.05) is 38.1 Å². The highest BCUT2D eigenvalue weighted by Gasteiger charge is 2.20. The molecule has 0 aromatic heterocycles. The van der Waals surface area contributed by atoms with Gasteiger partial charge in [0.2, 0.25) is 0 Å². The molecule has 0 bridgehead atoms. The molecule has 1 atom stereocenters. The molecule has 0 aliphatic carbocycles. The lowest BCUT2D eigenvalue weighted by atomic mass is 9.99. The number of carbonyl (C=O) groups excluding carboxylic acids is 1. The van der Waals surface area contributed by atoms with E-state index < -0.39 is 17.7 Å². The Labute approximate surface area is 121 Å². The predicted molar refractivity (Wildman–Crippen MR) is 79.7 cm³/mol. The second kappa shape index (κ2) is 6.75. The Kier molecular flexibility index (Phi) is 5.57. The maximum absolute atomic E-state index is 11.7. The molecule has 0 heterocycles. The molecule has 1 unspecified atom stereocenters. The molecule has 0 spiro atoms. The van der Waals surface area contributed by atoms with E-state index in [4.69, 9.17) is 4.74 Å². The summed E-state index contributed by atoms with van der Waals surface area (Å²) in [6.07, 6.45) is -0.524. The van der Waals surface area contributed by atoms with Crippen LogP contribution in [0.1, 0.15) is 57.7 Å². The molecular formula is C16H25NO3. The van der Waals surface area contributed by atoms with Crippen molar-refractivity contribution < 1.29 is 14.6 Å². The predicted octanol–water partition coefficient (Wildman–Crippen LogP) is 3.37. The number of amides is 1. The Morgan fingerprint density at radius 1 is 1.20 bits per heavy atom. The standard InChI is InChI=1S/C16H25NO3/c1-11(2)12-6-8-13(9-7-12)14(10-18)17-15(19)20-16(3,4)5/h6-9,11,14,18H,10H2,1-5H3,(H,17,19). The van der Waals surface area contributed by atoms with Crippen molar-refractivity contribution in [3.05, 3.63) is 35.4 Å². The number of hydrogen-bond acceptors (Lipinski definition) is 3. The number of aliphatic hydroxyl groups excluding tert-OH is 1. The molecule has 2 N–H and O–H groups in total.